The second kappa shape index (κ2) is 10.4. The lowest BCUT2D eigenvalue weighted by Crippen LogP contribution is -2.41. The van der Waals surface area contributed by atoms with Crippen molar-refractivity contribution in [2.45, 2.75) is 57.1 Å². The average Bonchev–Trinajstić information content (AvgIpc) is 3.43. The maximum Gasteiger partial charge on any atom is 0.272 e. The van der Waals surface area contributed by atoms with Crippen LogP contribution in [-0.4, -0.2) is 51.8 Å². The number of hydrogen-bond acceptors (Lipinski definition) is 6. The minimum atomic E-state index is -0.334. The molecule has 0 bridgehead atoms. The highest BCUT2D eigenvalue weighted by molar-refractivity contribution is 6.32. The molecule has 5 rings (SSSR count). The Bertz CT molecular complexity index is 1260. The fraction of sp³-hybridized carbons (Fsp3) is 0.429. The molecule has 0 saturated carbocycles. The first kappa shape index (κ1) is 24.5. The van der Waals surface area contributed by atoms with Gasteiger partial charge < -0.3 is 20.7 Å². The van der Waals surface area contributed by atoms with Crippen molar-refractivity contribution in [3.8, 4) is 6.07 Å². The number of allylic oxidation sites excluding steroid dienone is 1. The number of amides is 1. The topological polar surface area (TPSA) is 113 Å². The van der Waals surface area contributed by atoms with Crippen molar-refractivity contribution in [3.63, 3.8) is 0 Å². The maximum absolute atomic E-state index is 13.0. The fourth-order valence-corrected chi connectivity index (χ4v) is 5.78. The van der Waals surface area contributed by atoms with Gasteiger partial charge in [-0.15, -0.1) is 0 Å². The van der Waals surface area contributed by atoms with Gasteiger partial charge in [-0.1, -0.05) is 23.3 Å². The Morgan fingerprint density at radius 2 is 2.03 bits per heavy atom. The van der Waals surface area contributed by atoms with Crippen LogP contribution >= 0.6 is 11.6 Å². The quantitative estimate of drug-likeness (QED) is 0.511. The van der Waals surface area contributed by atoms with E-state index in [-0.39, 0.29) is 24.0 Å². The number of nitrogens with zero attached hydrogens (tertiary/aromatic N) is 3. The Kier molecular flexibility index (Phi) is 7.08. The van der Waals surface area contributed by atoms with Crippen molar-refractivity contribution < 1.29 is 9.90 Å². The number of nitrogens with one attached hydrogen (secondary N) is 2. The van der Waals surface area contributed by atoms with Crippen molar-refractivity contribution in [2.75, 3.05) is 18.4 Å². The zero-order chi connectivity index (χ0) is 25.2. The van der Waals surface area contributed by atoms with Crippen LogP contribution in [0.5, 0.6) is 0 Å². The summed E-state index contributed by atoms with van der Waals surface area (Å²) >= 11 is 6.29. The molecular formula is C28H30ClN5O2. The van der Waals surface area contributed by atoms with Gasteiger partial charge in [0.15, 0.2) is 0 Å². The number of likely N-dealkylation sites (tertiary alicyclic amines) is 1. The SMILES string of the molecule is N#Cc1ccc(N[C@@H](C2=CCCC2)[C@H]2CCc3nc(C(=O)N4CCC(O)CC4)ccc3C2=N)cc1Cl. The van der Waals surface area contributed by atoms with Gasteiger partial charge in [-0.05, 0) is 75.3 Å². The summed E-state index contributed by atoms with van der Waals surface area (Å²) in [5.41, 5.74) is 5.14. The van der Waals surface area contributed by atoms with E-state index in [2.05, 4.69) is 22.4 Å². The number of fused-ring (bicyclic) bond motifs is 1. The zero-order valence-electron chi connectivity index (χ0n) is 20.1. The highest BCUT2D eigenvalue weighted by atomic mass is 35.5. The van der Waals surface area contributed by atoms with E-state index >= 15 is 0 Å². The molecule has 2 aromatic rings. The number of nitriles is 1. The van der Waals surface area contributed by atoms with Crippen LogP contribution in [0.15, 0.2) is 42.0 Å². The van der Waals surface area contributed by atoms with Crippen molar-refractivity contribution >= 4 is 28.9 Å². The number of carbonyl (C=O) groups excluding carboxylic acids is 1. The molecule has 8 heteroatoms. The van der Waals surface area contributed by atoms with Gasteiger partial charge in [-0.2, -0.15) is 5.26 Å². The monoisotopic (exact) mass is 503 g/mol. The van der Waals surface area contributed by atoms with Crippen molar-refractivity contribution in [2.24, 2.45) is 5.92 Å². The largest absolute Gasteiger partial charge is 0.393 e. The number of benzene rings is 1. The van der Waals surface area contributed by atoms with Crippen molar-refractivity contribution in [1.29, 1.82) is 10.7 Å². The summed E-state index contributed by atoms with van der Waals surface area (Å²) in [4.78, 5) is 19.4. The number of carbonyl (C=O) groups is 1. The number of piperidine rings is 1. The van der Waals surface area contributed by atoms with Crippen LogP contribution in [0.4, 0.5) is 5.69 Å². The zero-order valence-corrected chi connectivity index (χ0v) is 20.9. The second-order valence-electron chi connectivity index (χ2n) is 9.87. The molecule has 186 valence electrons. The summed E-state index contributed by atoms with van der Waals surface area (Å²) in [6.07, 6.45) is 7.73. The van der Waals surface area contributed by atoms with Gasteiger partial charge in [0.1, 0.15) is 11.8 Å². The molecule has 0 radical (unpaired) electrons. The normalized spacial score (nSPS) is 20.9. The van der Waals surface area contributed by atoms with Crippen LogP contribution in [0.1, 0.15) is 65.8 Å². The molecule has 7 nitrogen and oxygen atoms in total. The van der Waals surface area contributed by atoms with Gasteiger partial charge in [0.05, 0.1) is 28.4 Å². The number of aliphatic hydroxyl groups excluding tert-OH is 1. The predicted molar refractivity (Wildman–Crippen MR) is 140 cm³/mol. The summed E-state index contributed by atoms with van der Waals surface area (Å²) in [5.74, 6) is -0.144. The number of pyridine rings is 1. The molecule has 1 aromatic heterocycles. The summed E-state index contributed by atoms with van der Waals surface area (Å²) in [7, 11) is 0. The van der Waals surface area contributed by atoms with Gasteiger partial charge in [0.2, 0.25) is 0 Å². The van der Waals surface area contributed by atoms with Gasteiger partial charge in [-0.3, -0.25) is 4.79 Å². The highest BCUT2D eigenvalue weighted by Crippen LogP contribution is 2.35. The molecule has 1 fully saturated rings. The molecule has 1 amide bonds. The van der Waals surface area contributed by atoms with E-state index in [0.29, 0.717) is 54.3 Å². The summed E-state index contributed by atoms with van der Waals surface area (Å²) < 4.78 is 0. The van der Waals surface area contributed by atoms with Gasteiger partial charge in [0.25, 0.3) is 5.91 Å². The maximum atomic E-state index is 13.0. The molecule has 2 heterocycles. The lowest BCUT2D eigenvalue weighted by molar-refractivity contribution is 0.0541. The van der Waals surface area contributed by atoms with Crippen LogP contribution in [0.25, 0.3) is 0 Å². The first-order chi connectivity index (χ1) is 17.4. The Balaban J connectivity index is 1.37. The van der Waals surface area contributed by atoms with E-state index in [4.69, 9.17) is 17.0 Å². The van der Waals surface area contributed by atoms with Gasteiger partial charge in [0, 0.05) is 36.0 Å². The highest BCUT2D eigenvalue weighted by Gasteiger charge is 2.35. The third-order valence-corrected chi connectivity index (χ3v) is 7.90. The van der Waals surface area contributed by atoms with E-state index in [1.165, 1.54) is 5.57 Å². The van der Waals surface area contributed by atoms with Crippen LogP contribution in [0, 0.1) is 22.7 Å². The first-order valence-corrected chi connectivity index (χ1v) is 13.0. The Hall–Kier alpha value is -3.21. The second-order valence-corrected chi connectivity index (χ2v) is 10.3. The minimum absolute atomic E-state index is 0.0387. The molecular weight excluding hydrogens is 474 g/mol. The fourth-order valence-electron chi connectivity index (χ4n) is 5.56. The lowest BCUT2D eigenvalue weighted by Gasteiger charge is -2.34. The number of aromatic nitrogens is 1. The molecule has 1 aliphatic heterocycles. The molecule has 2 atom stereocenters. The number of aryl methyl sites for hydroxylation is 1. The summed E-state index contributed by atoms with van der Waals surface area (Å²) in [5, 5.41) is 32.1. The number of halogens is 1. The molecule has 3 aliphatic rings. The van der Waals surface area contributed by atoms with Crippen LogP contribution < -0.4 is 5.32 Å². The molecule has 1 aromatic carbocycles. The van der Waals surface area contributed by atoms with Crippen molar-refractivity contribution in [3.05, 3.63) is 69.5 Å². The molecule has 1 saturated heterocycles. The molecule has 0 unspecified atom stereocenters. The van der Waals surface area contributed by atoms with Crippen LogP contribution in [0.2, 0.25) is 5.02 Å². The predicted octanol–water partition coefficient (Wildman–Crippen LogP) is 4.72. The lowest BCUT2D eigenvalue weighted by atomic mass is 9.77. The van der Waals surface area contributed by atoms with Gasteiger partial charge in [-0.25, -0.2) is 4.98 Å². The number of hydrogen-bond donors (Lipinski definition) is 3. The first-order valence-electron chi connectivity index (χ1n) is 12.7. The Morgan fingerprint density at radius 1 is 1.22 bits per heavy atom. The number of anilines is 1. The van der Waals surface area contributed by atoms with Crippen LogP contribution in [-0.2, 0) is 6.42 Å². The van der Waals surface area contributed by atoms with E-state index < -0.39 is 0 Å². The smallest absolute Gasteiger partial charge is 0.272 e. The van der Waals surface area contributed by atoms with E-state index in [1.54, 1.807) is 23.1 Å². The number of aliphatic hydroxyl groups is 1. The molecule has 36 heavy (non-hydrogen) atoms. The third kappa shape index (κ3) is 4.88. The van der Waals surface area contributed by atoms with Crippen LogP contribution in [0.3, 0.4) is 0 Å². The van der Waals surface area contributed by atoms with Crippen molar-refractivity contribution in [1.82, 2.24) is 9.88 Å². The van der Waals surface area contributed by atoms with E-state index in [9.17, 15) is 15.2 Å². The Labute approximate surface area is 216 Å². The summed E-state index contributed by atoms with van der Waals surface area (Å²) in [6.45, 7) is 1.08. The average molecular weight is 504 g/mol. The van der Waals surface area contributed by atoms with Gasteiger partial charge >= 0.3 is 0 Å². The number of rotatable bonds is 5. The van der Waals surface area contributed by atoms with E-state index in [1.807, 2.05) is 12.1 Å². The minimum Gasteiger partial charge on any atom is -0.393 e. The molecule has 2 aliphatic carbocycles. The Morgan fingerprint density at radius 3 is 2.72 bits per heavy atom. The van der Waals surface area contributed by atoms with E-state index in [0.717, 1.165) is 42.6 Å². The molecule has 0 spiro atoms. The third-order valence-electron chi connectivity index (χ3n) is 7.59. The molecule has 3 N–H and O–H groups in total. The standard InChI is InChI=1S/C28H30ClN5O2/c29-23-15-19(6-5-18(23)16-30)32-27(17-3-1-2-4-17)22-8-9-24-21(26(22)31)7-10-25(33-24)28(36)34-13-11-20(35)12-14-34/h3,5-7,10,15,20,22,27,31-32,35H,1-2,4,8-9,11-14H2/t22-,27-/m0/s1. The summed E-state index contributed by atoms with van der Waals surface area (Å²) in [6, 6.07) is 11.0.